The Morgan fingerprint density at radius 2 is 1.74 bits per heavy atom. The van der Waals surface area contributed by atoms with E-state index in [9.17, 15) is 14.7 Å². The van der Waals surface area contributed by atoms with E-state index in [-0.39, 0.29) is 11.3 Å². The first kappa shape index (κ1) is 16.4. The number of ether oxygens (including phenoxy) is 3. The summed E-state index contributed by atoms with van der Waals surface area (Å²) in [6.45, 7) is -0.454. The molecule has 0 unspecified atom stereocenters. The molecule has 0 amide bonds. The van der Waals surface area contributed by atoms with Gasteiger partial charge in [-0.3, -0.25) is 4.79 Å². The molecule has 6 nitrogen and oxygen atoms in total. The molecule has 1 N–H and O–H groups in total. The highest BCUT2D eigenvalue weighted by Gasteiger charge is 2.17. The van der Waals surface area contributed by atoms with Crippen LogP contribution in [0.5, 0.6) is 17.2 Å². The van der Waals surface area contributed by atoms with Crippen molar-refractivity contribution in [3.63, 3.8) is 0 Å². The van der Waals surface area contributed by atoms with Crippen LogP contribution in [0.15, 0.2) is 42.5 Å². The van der Waals surface area contributed by atoms with Crippen LogP contribution in [-0.2, 0) is 4.74 Å². The molecule has 0 aliphatic carbocycles. The van der Waals surface area contributed by atoms with Crippen molar-refractivity contribution in [1.82, 2.24) is 0 Å². The summed E-state index contributed by atoms with van der Waals surface area (Å²) in [5.41, 5.74) is 0.278. The molecule has 0 radical (unpaired) electrons. The van der Waals surface area contributed by atoms with Gasteiger partial charge < -0.3 is 19.3 Å². The van der Waals surface area contributed by atoms with E-state index in [1.165, 1.54) is 32.4 Å². The van der Waals surface area contributed by atoms with Gasteiger partial charge in [-0.2, -0.15) is 0 Å². The van der Waals surface area contributed by atoms with E-state index in [0.717, 1.165) is 0 Å². The Hall–Kier alpha value is -3.02. The summed E-state index contributed by atoms with van der Waals surface area (Å²) in [5, 5.41) is 9.77. The van der Waals surface area contributed by atoms with Crippen molar-refractivity contribution in [1.29, 1.82) is 0 Å². The number of carbonyl (C=O) groups is 2. The average Bonchev–Trinajstić information content (AvgIpc) is 2.59. The van der Waals surface area contributed by atoms with Gasteiger partial charge in [-0.25, -0.2) is 4.79 Å². The first-order valence-corrected chi connectivity index (χ1v) is 6.77. The molecule has 0 heterocycles. The molecule has 0 aromatic heterocycles. The van der Waals surface area contributed by atoms with Crippen LogP contribution in [0.1, 0.15) is 20.7 Å². The number of ketones is 1. The predicted octanol–water partition coefficient (Wildman–Crippen LogP) is 2.45. The van der Waals surface area contributed by atoms with Gasteiger partial charge in [0.1, 0.15) is 22.8 Å². The molecule has 0 atom stereocenters. The molecule has 0 fully saturated rings. The summed E-state index contributed by atoms with van der Waals surface area (Å²) >= 11 is 0. The minimum atomic E-state index is -0.798. The van der Waals surface area contributed by atoms with E-state index in [1.807, 2.05) is 0 Å². The number of hydrogen-bond acceptors (Lipinski definition) is 6. The Bertz CT molecular complexity index is 723. The second-order valence-corrected chi connectivity index (χ2v) is 4.58. The molecule has 2 rings (SSSR count). The summed E-state index contributed by atoms with van der Waals surface area (Å²) in [4.78, 5) is 24.1. The zero-order chi connectivity index (χ0) is 16.8. The summed E-state index contributed by atoms with van der Waals surface area (Å²) < 4.78 is 15.0. The van der Waals surface area contributed by atoms with Gasteiger partial charge in [0, 0.05) is 6.07 Å². The van der Waals surface area contributed by atoms with Crippen molar-refractivity contribution in [3.05, 3.63) is 53.6 Å². The normalized spacial score (nSPS) is 10.0. The molecule has 6 heteroatoms. The SMILES string of the molecule is COc1ccc(C(=O)OCC(=O)c2ccccc2OC)c(O)c1. The molecule has 23 heavy (non-hydrogen) atoms. The van der Waals surface area contributed by atoms with Crippen molar-refractivity contribution in [2.24, 2.45) is 0 Å². The van der Waals surface area contributed by atoms with Gasteiger partial charge in [0.05, 0.1) is 19.8 Å². The van der Waals surface area contributed by atoms with Crippen molar-refractivity contribution in [2.45, 2.75) is 0 Å². The third-order valence-electron chi connectivity index (χ3n) is 3.17. The highest BCUT2D eigenvalue weighted by atomic mass is 16.5. The van der Waals surface area contributed by atoms with Crippen LogP contribution in [0.2, 0.25) is 0 Å². The van der Waals surface area contributed by atoms with Gasteiger partial charge in [-0.05, 0) is 24.3 Å². The molecule has 120 valence electrons. The van der Waals surface area contributed by atoms with Crippen LogP contribution >= 0.6 is 0 Å². The van der Waals surface area contributed by atoms with Crippen LogP contribution in [0, 0.1) is 0 Å². The van der Waals surface area contributed by atoms with Crippen LogP contribution in [0.3, 0.4) is 0 Å². The number of Topliss-reactive ketones (excluding diaryl/α,β-unsaturated/α-hetero) is 1. The highest BCUT2D eigenvalue weighted by molar-refractivity contribution is 6.01. The monoisotopic (exact) mass is 316 g/mol. The number of para-hydroxylation sites is 1. The van der Waals surface area contributed by atoms with Crippen molar-refractivity contribution < 1.29 is 28.9 Å². The predicted molar refractivity (Wildman–Crippen MR) is 82.3 cm³/mol. The van der Waals surface area contributed by atoms with E-state index in [0.29, 0.717) is 17.1 Å². The second-order valence-electron chi connectivity index (χ2n) is 4.58. The molecule has 2 aromatic carbocycles. The fourth-order valence-corrected chi connectivity index (χ4v) is 1.97. The Labute approximate surface area is 133 Å². The quantitative estimate of drug-likeness (QED) is 0.651. The summed E-state index contributed by atoms with van der Waals surface area (Å²) in [7, 11) is 2.90. The first-order valence-electron chi connectivity index (χ1n) is 6.77. The van der Waals surface area contributed by atoms with E-state index >= 15 is 0 Å². The van der Waals surface area contributed by atoms with Gasteiger partial charge in [0.2, 0.25) is 5.78 Å². The van der Waals surface area contributed by atoms with Crippen LogP contribution < -0.4 is 9.47 Å². The van der Waals surface area contributed by atoms with E-state index < -0.39 is 18.4 Å². The van der Waals surface area contributed by atoms with Gasteiger partial charge in [0.25, 0.3) is 0 Å². The van der Waals surface area contributed by atoms with Gasteiger partial charge in [0.15, 0.2) is 6.61 Å². The Balaban J connectivity index is 2.05. The number of rotatable bonds is 6. The molecule has 0 bridgehead atoms. The fraction of sp³-hybridized carbons (Fsp3) is 0.176. The minimum absolute atomic E-state index is 0.0429. The van der Waals surface area contributed by atoms with E-state index in [1.54, 1.807) is 24.3 Å². The third kappa shape index (κ3) is 3.79. The smallest absolute Gasteiger partial charge is 0.342 e. The summed E-state index contributed by atoms with van der Waals surface area (Å²) in [5.74, 6) is -0.665. The van der Waals surface area contributed by atoms with Crippen LogP contribution in [-0.4, -0.2) is 37.7 Å². The third-order valence-corrected chi connectivity index (χ3v) is 3.17. The lowest BCUT2D eigenvalue weighted by Crippen LogP contribution is -2.15. The maximum atomic E-state index is 12.1. The molecular weight excluding hydrogens is 300 g/mol. The highest BCUT2D eigenvalue weighted by Crippen LogP contribution is 2.24. The largest absolute Gasteiger partial charge is 0.507 e. The van der Waals surface area contributed by atoms with E-state index in [4.69, 9.17) is 14.2 Å². The zero-order valence-electron chi connectivity index (χ0n) is 12.7. The van der Waals surface area contributed by atoms with Crippen LogP contribution in [0.25, 0.3) is 0 Å². The Kier molecular flexibility index (Phi) is 5.19. The molecule has 0 spiro atoms. The van der Waals surface area contributed by atoms with Gasteiger partial charge >= 0.3 is 5.97 Å². The zero-order valence-corrected chi connectivity index (χ0v) is 12.7. The molecule has 0 aliphatic heterocycles. The number of methoxy groups -OCH3 is 2. The lowest BCUT2D eigenvalue weighted by Gasteiger charge is -2.09. The Morgan fingerprint density at radius 3 is 2.39 bits per heavy atom. The molecular formula is C17H16O6. The Morgan fingerprint density at radius 1 is 1.00 bits per heavy atom. The lowest BCUT2D eigenvalue weighted by atomic mass is 10.1. The fourth-order valence-electron chi connectivity index (χ4n) is 1.97. The van der Waals surface area contributed by atoms with Crippen molar-refractivity contribution in [2.75, 3.05) is 20.8 Å². The van der Waals surface area contributed by atoms with E-state index in [2.05, 4.69) is 0 Å². The number of phenolic OH excluding ortho intramolecular Hbond substituents is 1. The second kappa shape index (κ2) is 7.31. The first-order chi connectivity index (χ1) is 11.1. The standard InChI is InChI=1S/C17H16O6/c1-21-11-7-8-13(14(18)9-11)17(20)23-10-15(19)12-5-3-4-6-16(12)22-2/h3-9,18H,10H2,1-2H3. The molecule has 0 saturated carbocycles. The molecule has 0 saturated heterocycles. The maximum absolute atomic E-state index is 12.1. The number of phenols is 1. The van der Waals surface area contributed by atoms with Crippen molar-refractivity contribution in [3.8, 4) is 17.2 Å². The topological polar surface area (TPSA) is 82.1 Å². The molecule has 0 aliphatic rings. The van der Waals surface area contributed by atoms with Gasteiger partial charge in [-0.1, -0.05) is 12.1 Å². The lowest BCUT2D eigenvalue weighted by molar-refractivity contribution is 0.0471. The van der Waals surface area contributed by atoms with Crippen molar-refractivity contribution >= 4 is 11.8 Å². The molecule has 2 aromatic rings. The number of benzene rings is 2. The minimum Gasteiger partial charge on any atom is -0.507 e. The maximum Gasteiger partial charge on any atom is 0.342 e. The average molecular weight is 316 g/mol. The number of aromatic hydroxyl groups is 1. The summed E-state index contributed by atoms with van der Waals surface area (Å²) in [6.07, 6.45) is 0. The number of esters is 1. The number of carbonyl (C=O) groups excluding carboxylic acids is 2. The summed E-state index contributed by atoms with van der Waals surface area (Å²) in [6, 6.07) is 10.8. The van der Waals surface area contributed by atoms with Crippen LogP contribution in [0.4, 0.5) is 0 Å². The number of hydrogen-bond donors (Lipinski definition) is 1. The van der Waals surface area contributed by atoms with Gasteiger partial charge in [-0.15, -0.1) is 0 Å².